The van der Waals surface area contributed by atoms with Crippen LogP contribution in [0, 0.1) is 0 Å². The first-order chi connectivity index (χ1) is 9.42. The largest absolute Gasteiger partial charge is 0.369 e. The molecule has 1 aromatic carbocycles. The summed E-state index contributed by atoms with van der Waals surface area (Å²) >= 11 is 0. The molecule has 0 saturated heterocycles. The zero-order valence-electron chi connectivity index (χ0n) is 10.8. The first kappa shape index (κ1) is 15.6. The van der Waals surface area contributed by atoms with Crippen molar-refractivity contribution in [3.8, 4) is 0 Å². The van der Waals surface area contributed by atoms with E-state index in [-0.39, 0.29) is 13.1 Å². The van der Waals surface area contributed by atoms with Crippen LogP contribution in [-0.4, -0.2) is 35.7 Å². The number of carbonyl (C=O) groups is 3. The minimum absolute atomic E-state index is 0.0754. The van der Waals surface area contributed by atoms with E-state index in [1.807, 2.05) is 5.43 Å². The quantitative estimate of drug-likeness (QED) is 0.261. The SMILES string of the molecule is NNC(=O)c1ccc(CN(CC(N)=O)CC(N)=O)cc1. The molecule has 20 heavy (non-hydrogen) atoms. The summed E-state index contributed by atoms with van der Waals surface area (Å²) in [5.74, 6) is 3.52. The van der Waals surface area contributed by atoms with E-state index in [9.17, 15) is 14.4 Å². The van der Waals surface area contributed by atoms with Gasteiger partial charge in [0.05, 0.1) is 13.1 Å². The van der Waals surface area contributed by atoms with Gasteiger partial charge in [0.1, 0.15) is 0 Å². The Labute approximate surface area is 115 Å². The van der Waals surface area contributed by atoms with Gasteiger partial charge in [-0.2, -0.15) is 0 Å². The Balaban J connectivity index is 2.75. The number of hydrogen-bond acceptors (Lipinski definition) is 5. The molecule has 0 heterocycles. The van der Waals surface area contributed by atoms with Crippen LogP contribution in [0.5, 0.6) is 0 Å². The number of benzene rings is 1. The molecular formula is C12H17N5O3. The molecular weight excluding hydrogens is 262 g/mol. The van der Waals surface area contributed by atoms with Crippen LogP contribution in [0.3, 0.4) is 0 Å². The molecule has 0 atom stereocenters. The number of primary amides is 2. The highest BCUT2D eigenvalue weighted by molar-refractivity contribution is 5.93. The minimum Gasteiger partial charge on any atom is -0.369 e. The van der Waals surface area contributed by atoms with Crippen LogP contribution in [0.25, 0.3) is 0 Å². The van der Waals surface area contributed by atoms with Crippen molar-refractivity contribution >= 4 is 17.7 Å². The zero-order chi connectivity index (χ0) is 15.1. The van der Waals surface area contributed by atoms with Crippen molar-refractivity contribution < 1.29 is 14.4 Å². The minimum atomic E-state index is -0.551. The predicted octanol–water partition coefficient (Wildman–Crippen LogP) is -1.94. The lowest BCUT2D eigenvalue weighted by Crippen LogP contribution is -2.39. The van der Waals surface area contributed by atoms with Gasteiger partial charge < -0.3 is 11.5 Å². The second kappa shape index (κ2) is 7.22. The number of carbonyl (C=O) groups excluding carboxylic acids is 3. The highest BCUT2D eigenvalue weighted by atomic mass is 16.2. The van der Waals surface area contributed by atoms with Gasteiger partial charge >= 0.3 is 0 Å². The van der Waals surface area contributed by atoms with Gasteiger partial charge in [0.25, 0.3) is 5.91 Å². The second-order valence-electron chi connectivity index (χ2n) is 4.25. The summed E-state index contributed by atoms with van der Waals surface area (Å²) in [7, 11) is 0. The first-order valence-corrected chi connectivity index (χ1v) is 5.81. The van der Waals surface area contributed by atoms with Gasteiger partial charge in [0.2, 0.25) is 11.8 Å². The Hall–Kier alpha value is -2.45. The number of nitrogen functional groups attached to an aromatic ring is 1. The standard InChI is InChI=1S/C12H17N5O3/c13-10(18)6-17(7-11(14)19)5-8-1-3-9(4-2-8)12(20)16-15/h1-4H,5-7,15H2,(H2,13,18)(H2,14,19)(H,16,20). The van der Waals surface area contributed by atoms with E-state index in [1.165, 1.54) is 4.90 Å². The van der Waals surface area contributed by atoms with E-state index in [0.29, 0.717) is 12.1 Å². The fourth-order valence-corrected chi connectivity index (χ4v) is 1.71. The number of nitrogens with one attached hydrogen (secondary N) is 1. The molecule has 1 aromatic rings. The molecule has 7 N–H and O–H groups in total. The van der Waals surface area contributed by atoms with E-state index in [0.717, 1.165) is 5.56 Å². The molecule has 8 nitrogen and oxygen atoms in total. The number of hydrazine groups is 1. The number of nitrogens with two attached hydrogens (primary N) is 3. The van der Waals surface area contributed by atoms with Crippen molar-refractivity contribution in [2.45, 2.75) is 6.54 Å². The highest BCUT2D eigenvalue weighted by Gasteiger charge is 2.12. The summed E-state index contributed by atoms with van der Waals surface area (Å²) in [6.45, 7) is 0.165. The molecule has 0 aliphatic carbocycles. The molecule has 0 radical (unpaired) electrons. The smallest absolute Gasteiger partial charge is 0.265 e. The third kappa shape index (κ3) is 5.04. The first-order valence-electron chi connectivity index (χ1n) is 5.81. The zero-order valence-corrected chi connectivity index (χ0v) is 10.8. The third-order valence-corrected chi connectivity index (χ3v) is 2.51. The third-order valence-electron chi connectivity index (χ3n) is 2.51. The van der Waals surface area contributed by atoms with Crippen LogP contribution in [0.4, 0.5) is 0 Å². The van der Waals surface area contributed by atoms with Gasteiger partial charge in [-0.1, -0.05) is 12.1 Å². The van der Waals surface area contributed by atoms with Crippen molar-refractivity contribution in [2.24, 2.45) is 17.3 Å². The molecule has 108 valence electrons. The average molecular weight is 279 g/mol. The van der Waals surface area contributed by atoms with Gasteiger partial charge in [0.15, 0.2) is 0 Å². The van der Waals surface area contributed by atoms with E-state index in [1.54, 1.807) is 24.3 Å². The lowest BCUT2D eigenvalue weighted by molar-refractivity contribution is -0.122. The maximum absolute atomic E-state index is 11.3. The summed E-state index contributed by atoms with van der Waals surface area (Å²) in [5.41, 5.74) is 13.4. The molecule has 0 bridgehead atoms. The van der Waals surface area contributed by atoms with Gasteiger partial charge in [0, 0.05) is 12.1 Å². The van der Waals surface area contributed by atoms with Crippen molar-refractivity contribution in [1.82, 2.24) is 10.3 Å². The maximum atomic E-state index is 11.3. The Kier molecular flexibility index (Phi) is 5.63. The molecule has 8 heteroatoms. The van der Waals surface area contributed by atoms with Crippen LogP contribution in [0.15, 0.2) is 24.3 Å². The monoisotopic (exact) mass is 279 g/mol. The maximum Gasteiger partial charge on any atom is 0.265 e. The normalized spacial score (nSPS) is 10.3. The lowest BCUT2D eigenvalue weighted by atomic mass is 10.1. The summed E-state index contributed by atoms with van der Waals surface area (Å²) < 4.78 is 0. The molecule has 0 aliphatic heterocycles. The summed E-state index contributed by atoms with van der Waals surface area (Å²) in [4.78, 5) is 34.6. The number of hydrogen-bond donors (Lipinski definition) is 4. The fraction of sp³-hybridized carbons (Fsp3) is 0.250. The van der Waals surface area contributed by atoms with E-state index < -0.39 is 17.7 Å². The second-order valence-corrected chi connectivity index (χ2v) is 4.25. The topological polar surface area (TPSA) is 145 Å². The molecule has 0 saturated carbocycles. The van der Waals surface area contributed by atoms with E-state index >= 15 is 0 Å². The molecule has 3 amide bonds. The van der Waals surface area contributed by atoms with Crippen LogP contribution in [-0.2, 0) is 16.1 Å². The Morgan fingerprint density at radius 1 is 1.00 bits per heavy atom. The van der Waals surface area contributed by atoms with Crippen LogP contribution < -0.4 is 22.7 Å². The van der Waals surface area contributed by atoms with E-state index in [4.69, 9.17) is 17.3 Å². The Bertz CT molecular complexity index is 484. The van der Waals surface area contributed by atoms with Gasteiger partial charge in [-0.15, -0.1) is 0 Å². The molecule has 0 aromatic heterocycles. The van der Waals surface area contributed by atoms with Crippen molar-refractivity contribution in [2.75, 3.05) is 13.1 Å². The molecule has 0 unspecified atom stereocenters. The van der Waals surface area contributed by atoms with Gasteiger partial charge in [-0.3, -0.25) is 24.7 Å². The predicted molar refractivity (Wildman–Crippen MR) is 71.8 cm³/mol. The van der Waals surface area contributed by atoms with Gasteiger partial charge in [-0.25, -0.2) is 5.84 Å². The van der Waals surface area contributed by atoms with Crippen LogP contribution in [0.1, 0.15) is 15.9 Å². The lowest BCUT2D eigenvalue weighted by Gasteiger charge is -2.19. The average Bonchev–Trinajstić information content (AvgIpc) is 2.37. The van der Waals surface area contributed by atoms with Crippen LogP contribution in [0.2, 0.25) is 0 Å². The van der Waals surface area contributed by atoms with Crippen LogP contribution >= 0.6 is 0 Å². The van der Waals surface area contributed by atoms with Crippen molar-refractivity contribution in [1.29, 1.82) is 0 Å². The fourth-order valence-electron chi connectivity index (χ4n) is 1.71. The number of amides is 3. The molecule has 0 fully saturated rings. The summed E-state index contributed by atoms with van der Waals surface area (Å²) in [6, 6.07) is 6.56. The molecule has 1 rings (SSSR count). The summed E-state index contributed by atoms with van der Waals surface area (Å²) in [6.07, 6.45) is 0. The molecule has 0 spiro atoms. The van der Waals surface area contributed by atoms with Gasteiger partial charge in [-0.05, 0) is 17.7 Å². The van der Waals surface area contributed by atoms with E-state index in [2.05, 4.69) is 0 Å². The van der Waals surface area contributed by atoms with Crippen molar-refractivity contribution in [3.05, 3.63) is 35.4 Å². The van der Waals surface area contributed by atoms with Crippen molar-refractivity contribution in [3.63, 3.8) is 0 Å². The Morgan fingerprint density at radius 2 is 1.50 bits per heavy atom. The number of nitrogens with zero attached hydrogens (tertiary/aromatic N) is 1. The number of rotatable bonds is 7. The summed E-state index contributed by atoms with van der Waals surface area (Å²) in [5, 5.41) is 0. The Morgan fingerprint density at radius 3 is 1.90 bits per heavy atom. The highest BCUT2D eigenvalue weighted by Crippen LogP contribution is 2.07. The molecule has 0 aliphatic rings.